The van der Waals surface area contributed by atoms with Crippen LogP contribution in [0.25, 0.3) is 10.9 Å². The van der Waals surface area contributed by atoms with Crippen molar-refractivity contribution in [2.75, 3.05) is 48.8 Å². The number of aliphatic hydroxyl groups excluding tert-OH is 1. The molecule has 1 unspecified atom stereocenters. The van der Waals surface area contributed by atoms with E-state index < -0.39 is 5.82 Å². The minimum atomic E-state index is -0.515. The van der Waals surface area contributed by atoms with Gasteiger partial charge in [0, 0.05) is 62.0 Å². The van der Waals surface area contributed by atoms with Crippen LogP contribution in [0.2, 0.25) is 0 Å². The number of amides is 1. The van der Waals surface area contributed by atoms with Gasteiger partial charge in [0.05, 0.1) is 30.1 Å². The van der Waals surface area contributed by atoms with E-state index in [-0.39, 0.29) is 23.7 Å². The number of hydrogen-bond acceptors (Lipinski definition) is 10. The maximum Gasteiger partial charge on any atom is 0.245 e. The van der Waals surface area contributed by atoms with Gasteiger partial charge in [-0.2, -0.15) is 0 Å². The third-order valence-corrected chi connectivity index (χ3v) is 7.93. The SMILES string of the molecule is C=CC(=O)N1CCC(Nc2cc3c(Nc4ccc(Oc5ccnc(N6CCC(O)C6)c5)cc4F)ncnc3cc2OC)CC1. The molecule has 2 saturated heterocycles. The van der Waals surface area contributed by atoms with Gasteiger partial charge in [0.25, 0.3) is 0 Å². The fourth-order valence-electron chi connectivity index (χ4n) is 5.57. The number of piperidine rings is 1. The Kier molecular flexibility index (Phi) is 8.42. The van der Waals surface area contributed by atoms with Crippen LogP contribution in [0.15, 0.2) is 67.6 Å². The van der Waals surface area contributed by atoms with Crippen molar-refractivity contribution in [1.29, 1.82) is 0 Å². The van der Waals surface area contributed by atoms with Gasteiger partial charge in [0.1, 0.15) is 41.0 Å². The third-order valence-electron chi connectivity index (χ3n) is 7.93. The maximum atomic E-state index is 15.3. The van der Waals surface area contributed by atoms with Crippen LogP contribution in [0.1, 0.15) is 19.3 Å². The molecule has 0 spiro atoms. The minimum Gasteiger partial charge on any atom is -0.495 e. The van der Waals surface area contributed by atoms with Crippen LogP contribution < -0.4 is 25.0 Å². The highest BCUT2D eigenvalue weighted by Crippen LogP contribution is 2.35. The second kappa shape index (κ2) is 12.7. The molecule has 2 aromatic heterocycles. The summed E-state index contributed by atoms with van der Waals surface area (Å²) in [7, 11) is 1.60. The van der Waals surface area contributed by atoms with E-state index in [1.807, 2.05) is 17.0 Å². The standard InChI is InChI=1S/C32H34FN7O4/c1-3-31(42)39-11-7-20(8-12-39)37-28-16-24-27(17-29(28)43-2)35-19-36-32(24)38-26-5-4-22(14-25(26)33)44-23-6-10-34-30(15-23)40-13-9-21(41)18-40/h3-6,10,14-17,19-21,37,41H,1,7-9,11-13,18H2,2H3,(H,35,36,38). The molecule has 0 bridgehead atoms. The van der Waals surface area contributed by atoms with Gasteiger partial charge >= 0.3 is 0 Å². The lowest BCUT2D eigenvalue weighted by atomic mass is 10.0. The molecule has 12 heteroatoms. The number of β-amino-alcohol motifs (C(OH)–C–C–N with tert-alkyl or cyclic N) is 1. The summed E-state index contributed by atoms with van der Waals surface area (Å²) in [4.78, 5) is 28.9. The van der Waals surface area contributed by atoms with Gasteiger partial charge in [-0.3, -0.25) is 4.79 Å². The number of ether oxygens (including phenoxy) is 2. The molecule has 4 heterocycles. The summed E-state index contributed by atoms with van der Waals surface area (Å²) in [5.41, 5.74) is 1.62. The van der Waals surface area contributed by atoms with Gasteiger partial charge < -0.3 is 35.0 Å². The number of rotatable bonds is 9. The number of nitrogens with one attached hydrogen (secondary N) is 2. The van der Waals surface area contributed by atoms with Crippen LogP contribution in [-0.2, 0) is 4.79 Å². The van der Waals surface area contributed by atoms with E-state index >= 15 is 4.39 Å². The Bertz CT molecular complexity index is 1680. The van der Waals surface area contributed by atoms with Crippen molar-refractivity contribution in [2.45, 2.75) is 31.4 Å². The lowest BCUT2D eigenvalue weighted by molar-refractivity contribution is -0.126. The first-order valence-corrected chi connectivity index (χ1v) is 14.5. The normalized spacial score (nSPS) is 17.0. The van der Waals surface area contributed by atoms with Crippen LogP contribution in [0, 0.1) is 5.82 Å². The molecule has 6 rings (SSSR count). The minimum absolute atomic E-state index is 0.0584. The first-order valence-electron chi connectivity index (χ1n) is 14.5. The van der Waals surface area contributed by atoms with Crippen LogP contribution in [-0.4, -0.2) is 76.3 Å². The molecule has 0 aliphatic carbocycles. The quantitative estimate of drug-likeness (QED) is 0.230. The Morgan fingerprint density at radius 3 is 2.59 bits per heavy atom. The number of benzene rings is 2. The van der Waals surface area contributed by atoms with Crippen molar-refractivity contribution in [3.05, 3.63) is 73.5 Å². The monoisotopic (exact) mass is 599 g/mol. The number of carbonyl (C=O) groups excluding carboxylic acids is 1. The average molecular weight is 600 g/mol. The number of aromatic nitrogens is 3. The Labute approximate surface area is 254 Å². The Hall–Kier alpha value is -4.97. The molecule has 228 valence electrons. The van der Waals surface area contributed by atoms with Gasteiger partial charge in [-0.1, -0.05) is 6.58 Å². The number of aliphatic hydroxyl groups is 1. The van der Waals surface area contributed by atoms with Gasteiger partial charge in [-0.15, -0.1) is 0 Å². The topological polar surface area (TPSA) is 125 Å². The number of methoxy groups -OCH3 is 1. The molecule has 4 aromatic rings. The first-order chi connectivity index (χ1) is 21.4. The highest BCUT2D eigenvalue weighted by Gasteiger charge is 2.23. The Morgan fingerprint density at radius 1 is 1.05 bits per heavy atom. The molecule has 11 nitrogen and oxygen atoms in total. The smallest absolute Gasteiger partial charge is 0.245 e. The van der Waals surface area contributed by atoms with Crippen LogP contribution in [0.5, 0.6) is 17.2 Å². The molecule has 0 radical (unpaired) electrons. The Morgan fingerprint density at radius 2 is 1.86 bits per heavy atom. The summed E-state index contributed by atoms with van der Waals surface area (Å²) >= 11 is 0. The summed E-state index contributed by atoms with van der Waals surface area (Å²) in [5, 5.41) is 17.2. The highest BCUT2D eigenvalue weighted by atomic mass is 19.1. The zero-order chi connectivity index (χ0) is 30.6. The van der Waals surface area contributed by atoms with Crippen LogP contribution in [0.3, 0.4) is 0 Å². The van der Waals surface area contributed by atoms with E-state index in [0.29, 0.717) is 72.4 Å². The predicted octanol–water partition coefficient (Wildman–Crippen LogP) is 4.87. The highest BCUT2D eigenvalue weighted by molar-refractivity contribution is 5.95. The van der Waals surface area contributed by atoms with Crippen molar-refractivity contribution in [3.63, 3.8) is 0 Å². The number of hydrogen-bond donors (Lipinski definition) is 3. The molecule has 2 aromatic carbocycles. The molecule has 1 amide bonds. The fraction of sp³-hybridized carbons (Fsp3) is 0.312. The lowest BCUT2D eigenvalue weighted by Gasteiger charge is -2.32. The fourth-order valence-corrected chi connectivity index (χ4v) is 5.57. The molecule has 44 heavy (non-hydrogen) atoms. The van der Waals surface area contributed by atoms with Crippen LogP contribution >= 0.6 is 0 Å². The second-order valence-corrected chi connectivity index (χ2v) is 10.8. The molecular weight excluding hydrogens is 565 g/mol. The molecule has 0 saturated carbocycles. The third kappa shape index (κ3) is 6.35. The summed E-state index contributed by atoms with van der Waals surface area (Å²) in [6.45, 7) is 6.08. The van der Waals surface area contributed by atoms with Crippen molar-refractivity contribution in [3.8, 4) is 17.2 Å². The van der Waals surface area contributed by atoms with Gasteiger partial charge in [-0.25, -0.2) is 19.3 Å². The second-order valence-electron chi connectivity index (χ2n) is 10.8. The number of carbonyl (C=O) groups is 1. The Balaban J connectivity index is 1.18. The van der Waals surface area contributed by atoms with Crippen molar-refractivity contribution in [1.82, 2.24) is 19.9 Å². The molecule has 2 aliphatic rings. The van der Waals surface area contributed by atoms with Crippen LogP contribution in [0.4, 0.5) is 27.4 Å². The van der Waals surface area contributed by atoms with Crippen molar-refractivity contribution in [2.24, 2.45) is 0 Å². The van der Waals surface area contributed by atoms with Crippen molar-refractivity contribution >= 4 is 39.8 Å². The van der Waals surface area contributed by atoms with Gasteiger partial charge in [-0.05, 0) is 49.6 Å². The first kappa shape index (κ1) is 29.1. The molecule has 1 atom stereocenters. The number of pyridine rings is 1. The summed E-state index contributed by atoms with van der Waals surface area (Å²) in [6.07, 6.45) is 6.27. The van der Waals surface area contributed by atoms with Crippen molar-refractivity contribution < 1.29 is 23.8 Å². The zero-order valence-electron chi connectivity index (χ0n) is 24.4. The number of nitrogens with zero attached hydrogens (tertiary/aromatic N) is 5. The summed E-state index contributed by atoms with van der Waals surface area (Å²) in [5.74, 6) is 2.04. The number of fused-ring (bicyclic) bond motifs is 1. The van der Waals surface area contributed by atoms with E-state index in [1.54, 1.807) is 42.5 Å². The van der Waals surface area contributed by atoms with Gasteiger partial charge in [0.2, 0.25) is 5.91 Å². The van der Waals surface area contributed by atoms with E-state index in [1.165, 1.54) is 18.5 Å². The zero-order valence-corrected chi connectivity index (χ0v) is 24.4. The number of halogens is 1. The lowest BCUT2D eigenvalue weighted by Crippen LogP contribution is -2.41. The van der Waals surface area contributed by atoms with E-state index in [0.717, 1.165) is 18.5 Å². The number of anilines is 4. The molecular formula is C32H34FN7O4. The van der Waals surface area contributed by atoms with E-state index in [2.05, 4.69) is 32.2 Å². The molecule has 2 aliphatic heterocycles. The largest absolute Gasteiger partial charge is 0.495 e. The molecule has 2 fully saturated rings. The van der Waals surface area contributed by atoms with E-state index in [9.17, 15) is 9.90 Å². The maximum absolute atomic E-state index is 15.3. The van der Waals surface area contributed by atoms with Gasteiger partial charge in [0.15, 0.2) is 0 Å². The predicted molar refractivity (Wildman–Crippen MR) is 166 cm³/mol. The summed E-state index contributed by atoms with van der Waals surface area (Å²) < 4.78 is 26.9. The number of likely N-dealkylation sites (tertiary alicyclic amines) is 1. The summed E-state index contributed by atoms with van der Waals surface area (Å²) in [6, 6.07) is 11.9. The van der Waals surface area contributed by atoms with E-state index in [4.69, 9.17) is 9.47 Å². The average Bonchev–Trinajstić information content (AvgIpc) is 3.48. The molecule has 3 N–H and O–H groups in total.